The Morgan fingerprint density at radius 3 is 2.00 bits per heavy atom. The molecule has 2 heteroatoms. The second-order valence-electron chi connectivity index (χ2n) is 8.35. The third-order valence-electron chi connectivity index (χ3n) is 6.43. The van der Waals surface area contributed by atoms with Gasteiger partial charge in [-0.2, -0.15) is 0 Å². The van der Waals surface area contributed by atoms with Crippen molar-refractivity contribution in [2.24, 2.45) is 0 Å². The molecule has 0 N–H and O–H groups in total. The van der Waals surface area contributed by atoms with Crippen molar-refractivity contribution >= 4 is 32.6 Å². The van der Waals surface area contributed by atoms with Crippen molar-refractivity contribution in [2.45, 2.75) is 0 Å². The summed E-state index contributed by atoms with van der Waals surface area (Å²) in [5, 5.41) is 1.24. The normalized spacial score (nSPS) is 17.2. The lowest BCUT2D eigenvalue weighted by molar-refractivity contribution is 0.487. The molecule has 0 saturated carbocycles. The zero-order valence-electron chi connectivity index (χ0n) is 31.5. The molecule has 1 aliphatic rings. The van der Waals surface area contributed by atoms with E-state index in [1.807, 2.05) is 36.4 Å². The molecule has 0 amide bonds. The van der Waals surface area contributed by atoms with Gasteiger partial charge < -0.3 is 9.30 Å². The van der Waals surface area contributed by atoms with Crippen molar-refractivity contribution < 1.29 is 22.6 Å². The number of para-hydroxylation sites is 3. The minimum absolute atomic E-state index is 0.0505. The first-order valence-corrected chi connectivity index (χ1v) is 11.2. The van der Waals surface area contributed by atoms with Gasteiger partial charge in [-0.15, -0.1) is 0 Å². The van der Waals surface area contributed by atoms with Crippen LogP contribution in [-0.4, -0.2) is 4.57 Å². The van der Waals surface area contributed by atoms with Crippen LogP contribution in [0.5, 0.6) is 11.5 Å². The predicted molar refractivity (Wildman–Crippen MR) is 149 cm³/mol. The van der Waals surface area contributed by atoms with Gasteiger partial charge in [0.05, 0.1) is 28.9 Å². The number of aromatic nitrogens is 1. The van der Waals surface area contributed by atoms with E-state index in [-0.39, 0.29) is 38.9 Å². The first-order chi connectivity index (χ1) is 23.3. The average Bonchev–Trinajstić information content (AvgIpc) is 3.43. The fourth-order valence-corrected chi connectivity index (χ4v) is 4.88. The van der Waals surface area contributed by atoms with Crippen LogP contribution >= 0.6 is 0 Å². The first kappa shape index (κ1) is 10.8. The number of hydrogen-bond acceptors (Lipinski definition) is 1. The number of ether oxygens (including phenoxy) is 1. The van der Waals surface area contributed by atoms with Gasteiger partial charge in [-0.25, -0.2) is 0 Å². The predicted octanol–water partition coefficient (Wildman–Crippen LogP) is 9.38. The van der Waals surface area contributed by atoms with Gasteiger partial charge in [-0.05, 0) is 58.4 Å². The van der Waals surface area contributed by atoms with E-state index >= 15 is 0 Å². The summed E-state index contributed by atoms with van der Waals surface area (Å²) >= 11 is 0. The van der Waals surface area contributed by atoms with Gasteiger partial charge in [-0.3, -0.25) is 0 Å². The lowest BCUT2D eigenvalue weighted by Gasteiger charge is -2.22. The van der Waals surface area contributed by atoms with E-state index in [0.29, 0.717) is 11.0 Å². The van der Waals surface area contributed by atoms with Crippen LogP contribution in [0.15, 0.2) is 127 Å². The molecule has 0 saturated heterocycles. The molecule has 0 fully saturated rings. The molecule has 36 heavy (non-hydrogen) atoms. The maximum atomic E-state index is 9.21. The Morgan fingerprint density at radius 2 is 1.22 bits per heavy atom. The van der Waals surface area contributed by atoms with Crippen LogP contribution in [0.3, 0.4) is 0 Å². The van der Waals surface area contributed by atoms with Crippen LogP contribution in [0, 0.1) is 0 Å². The average molecular weight is 473 g/mol. The SMILES string of the molecule is [2H]c1c([2H])c([2H])c2c(c1[2H])Oc1c([2H])c([2H])c(-c3c([2H])c([2H])c(-n4c5ccccc5c5ccccc54)c([2H])c3[2H])c3c([2H])c([2H])c([2H])c-2c13. The minimum atomic E-state index is -0.663. The summed E-state index contributed by atoms with van der Waals surface area (Å²) in [5.41, 5.74) is 0.000246. The first-order valence-electron chi connectivity index (χ1n) is 17.7. The highest BCUT2D eigenvalue weighted by molar-refractivity contribution is 6.11. The van der Waals surface area contributed by atoms with E-state index < -0.39 is 89.9 Å². The van der Waals surface area contributed by atoms with Crippen LogP contribution in [-0.2, 0) is 0 Å². The molecule has 0 spiro atoms. The highest BCUT2D eigenvalue weighted by Gasteiger charge is 2.21. The van der Waals surface area contributed by atoms with E-state index in [1.54, 1.807) is 16.7 Å². The summed E-state index contributed by atoms with van der Waals surface area (Å²) in [7, 11) is 0. The van der Waals surface area contributed by atoms with Crippen LogP contribution in [0.1, 0.15) is 17.8 Å². The second kappa shape index (κ2) is 7.34. The Morgan fingerprint density at radius 1 is 0.528 bits per heavy atom. The molecule has 0 aliphatic carbocycles. The summed E-state index contributed by atoms with van der Waals surface area (Å²) in [6.07, 6.45) is 0. The summed E-state index contributed by atoms with van der Waals surface area (Å²) in [6, 6.07) is 7.15. The Hall–Kier alpha value is -4.82. The third kappa shape index (κ3) is 2.67. The Labute approximate surface area is 226 Å². The van der Waals surface area contributed by atoms with Gasteiger partial charge in [0.25, 0.3) is 0 Å². The summed E-state index contributed by atoms with van der Waals surface area (Å²) in [6.45, 7) is 0. The molecular weight excluding hydrogens is 438 g/mol. The lowest BCUT2D eigenvalue weighted by Crippen LogP contribution is -1.97. The summed E-state index contributed by atoms with van der Waals surface area (Å²) in [4.78, 5) is 0. The van der Waals surface area contributed by atoms with Crippen molar-refractivity contribution in [2.75, 3.05) is 0 Å². The van der Waals surface area contributed by atoms with Gasteiger partial charge in [0.1, 0.15) is 11.5 Å². The zero-order chi connectivity index (χ0) is 35.0. The van der Waals surface area contributed by atoms with Gasteiger partial charge in [-0.1, -0.05) is 90.8 Å². The standard InChI is InChI=1S/C34H21NO/c1-4-13-30-25(8-1)26-9-2-5-14-31(26)35(30)23-18-16-22(17-19-23)24-20-21-33-34-28(24)11-7-12-29(34)27-10-3-6-15-32(27)36-33/h1-21H/i3D,6D,7D,10D,11D,12D,15D,16D,17D,18D,19D,20D,21D. The molecule has 8 rings (SSSR count). The molecule has 2 nitrogen and oxygen atoms in total. The highest BCUT2D eigenvalue weighted by Crippen LogP contribution is 2.48. The number of fused-ring (bicyclic) bond motifs is 5. The van der Waals surface area contributed by atoms with E-state index in [0.717, 1.165) is 10.8 Å². The molecule has 1 aromatic heterocycles. The van der Waals surface area contributed by atoms with Crippen LogP contribution in [0.2, 0.25) is 0 Å². The zero-order valence-corrected chi connectivity index (χ0v) is 18.5. The molecule has 0 radical (unpaired) electrons. The number of hydrogen-bond donors (Lipinski definition) is 0. The molecule has 0 atom stereocenters. The monoisotopic (exact) mass is 472 g/mol. The molecule has 0 bridgehead atoms. The topological polar surface area (TPSA) is 14.2 Å². The van der Waals surface area contributed by atoms with E-state index in [4.69, 9.17) is 17.1 Å². The Bertz CT molecular complexity index is 2600. The molecule has 0 unspecified atom stereocenters. The van der Waals surface area contributed by atoms with Crippen LogP contribution < -0.4 is 4.74 Å². The largest absolute Gasteiger partial charge is 0.456 e. The van der Waals surface area contributed by atoms with Crippen molar-refractivity contribution in [3.05, 3.63) is 127 Å². The molecule has 1 aliphatic heterocycles. The van der Waals surface area contributed by atoms with E-state index in [9.17, 15) is 5.48 Å². The molecule has 6 aromatic carbocycles. The third-order valence-corrected chi connectivity index (χ3v) is 6.43. The molecule has 168 valence electrons. The summed E-state index contributed by atoms with van der Waals surface area (Å²) in [5.74, 6) is -0.777. The number of nitrogens with zero attached hydrogens (tertiary/aromatic N) is 1. The quantitative estimate of drug-likeness (QED) is 0.244. The van der Waals surface area contributed by atoms with Gasteiger partial charge in [0, 0.05) is 27.4 Å². The van der Waals surface area contributed by atoms with Crippen LogP contribution in [0.4, 0.5) is 0 Å². The molecular formula is C34H21NO. The van der Waals surface area contributed by atoms with Crippen LogP contribution in [0.25, 0.3) is 60.5 Å². The van der Waals surface area contributed by atoms with E-state index in [2.05, 4.69) is 0 Å². The van der Waals surface area contributed by atoms with Gasteiger partial charge in [0.2, 0.25) is 0 Å². The number of benzene rings is 6. The second-order valence-corrected chi connectivity index (χ2v) is 8.35. The maximum Gasteiger partial charge on any atom is 0.135 e. The van der Waals surface area contributed by atoms with Gasteiger partial charge in [0.15, 0.2) is 0 Å². The van der Waals surface area contributed by atoms with E-state index in [1.165, 1.54) is 0 Å². The van der Waals surface area contributed by atoms with Crippen molar-refractivity contribution in [3.8, 4) is 39.4 Å². The smallest absolute Gasteiger partial charge is 0.135 e. The fourth-order valence-electron chi connectivity index (χ4n) is 4.88. The van der Waals surface area contributed by atoms with Gasteiger partial charge >= 0.3 is 0 Å². The van der Waals surface area contributed by atoms with Crippen molar-refractivity contribution in [1.82, 2.24) is 4.57 Å². The molecule has 2 heterocycles. The number of rotatable bonds is 2. The van der Waals surface area contributed by atoms with Crippen molar-refractivity contribution in [1.29, 1.82) is 0 Å². The minimum Gasteiger partial charge on any atom is -0.456 e. The molecule has 7 aromatic rings. The Balaban J connectivity index is 1.53. The highest BCUT2D eigenvalue weighted by atomic mass is 16.5. The lowest BCUT2D eigenvalue weighted by atomic mass is 9.90. The maximum absolute atomic E-state index is 9.21. The summed E-state index contributed by atoms with van der Waals surface area (Å²) < 4.78 is 122. The Kier molecular flexibility index (Phi) is 2.21. The van der Waals surface area contributed by atoms with Crippen molar-refractivity contribution in [3.63, 3.8) is 0 Å². The fraction of sp³-hybridized carbons (Fsp3) is 0.